The molecule has 0 spiro atoms. The molecule has 1 amide bonds. The van der Waals surface area contributed by atoms with E-state index in [1.54, 1.807) is 0 Å². The number of hydrogen-bond acceptors (Lipinski definition) is 3. The fourth-order valence-corrected chi connectivity index (χ4v) is 1.82. The maximum Gasteiger partial charge on any atom is 0.305 e. The first kappa shape index (κ1) is 16.2. The molecular weight excluding hydrogens is 256 g/mol. The molecule has 0 aliphatic rings. The molecule has 0 unspecified atom stereocenters. The fourth-order valence-electron chi connectivity index (χ4n) is 1.82. The van der Waals surface area contributed by atoms with Gasteiger partial charge in [-0.1, -0.05) is 32.0 Å². The summed E-state index contributed by atoms with van der Waals surface area (Å²) in [7, 11) is 0. The minimum Gasteiger partial charge on any atom is -0.481 e. The number of carbonyl (C=O) groups excluding carboxylic acids is 1. The van der Waals surface area contributed by atoms with Gasteiger partial charge in [0, 0.05) is 31.2 Å². The third-order valence-electron chi connectivity index (χ3n) is 2.81. The normalized spacial score (nSPS) is 10.6. The SMILES string of the molecule is CC(C)NCCC(=O)N(CCC(=O)O)c1ccccc1. The number of carboxylic acid groups (broad SMARTS) is 1. The van der Waals surface area contributed by atoms with E-state index in [2.05, 4.69) is 5.32 Å². The third-order valence-corrected chi connectivity index (χ3v) is 2.81. The highest BCUT2D eigenvalue weighted by molar-refractivity contribution is 5.93. The lowest BCUT2D eigenvalue weighted by atomic mass is 10.2. The van der Waals surface area contributed by atoms with E-state index >= 15 is 0 Å². The van der Waals surface area contributed by atoms with Gasteiger partial charge in [0.2, 0.25) is 5.91 Å². The largest absolute Gasteiger partial charge is 0.481 e. The first-order chi connectivity index (χ1) is 9.50. The first-order valence-electron chi connectivity index (χ1n) is 6.81. The Morgan fingerprint density at radius 3 is 2.40 bits per heavy atom. The van der Waals surface area contributed by atoms with E-state index in [4.69, 9.17) is 5.11 Å². The van der Waals surface area contributed by atoms with Crippen molar-refractivity contribution < 1.29 is 14.7 Å². The summed E-state index contributed by atoms with van der Waals surface area (Å²) < 4.78 is 0. The average Bonchev–Trinajstić information content (AvgIpc) is 2.39. The molecule has 0 atom stereocenters. The van der Waals surface area contributed by atoms with Crippen molar-refractivity contribution in [2.45, 2.75) is 32.7 Å². The van der Waals surface area contributed by atoms with E-state index in [9.17, 15) is 9.59 Å². The van der Waals surface area contributed by atoms with Gasteiger partial charge in [-0.15, -0.1) is 0 Å². The number of anilines is 1. The number of hydrogen-bond donors (Lipinski definition) is 2. The minimum absolute atomic E-state index is 0.0573. The molecule has 0 aliphatic heterocycles. The molecule has 1 aromatic rings. The smallest absolute Gasteiger partial charge is 0.305 e. The average molecular weight is 278 g/mol. The number of amides is 1. The Hall–Kier alpha value is -1.88. The molecule has 2 N–H and O–H groups in total. The third kappa shape index (κ3) is 5.84. The number of carboxylic acids is 1. The standard InChI is InChI=1S/C15H22N2O3/c1-12(2)16-10-8-14(18)17(11-9-15(19)20)13-6-4-3-5-7-13/h3-7,12,16H,8-11H2,1-2H3,(H,19,20). The second-order valence-electron chi connectivity index (χ2n) is 4.88. The van der Waals surface area contributed by atoms with Gasteiger partial charge < -0.3 is 15.3 Å². The van der Waals surface area contributed by atoms with Crippen LogP contribution in [0.2, 0.25) is 0 Å². The van der Waals surface area contributed by atoms with Gasteiger partial charge in [0.25, 0.3) is 0 Å². The van der Waals surface area contributed by atoms with Crippen molar-refractivity contribution in [3.63, 3.8) is 0 Å². The maximum absolute atomic E-state index is 12.2. The van der Waals surface area contributed by atoms with Crippen LogP contribution >= 0.6 is 0 Å². The summed E-state index contributed by atoms with van der Waals surface area (Å²) in [5, 5.41) is 12.0. The molecule has 0 radical (unpaired) electrons. The summed E-state index contributed by atoms with van der Waals surface area (Å²) >= 11 is 0. The lowest BCUT2D eigenvalue weighted by Gasteiger charge is -2.22. The summed E-state index contributed by atoms with van der Waals surface area (Å²) in [4.78, 5) is 24.5. The maximum atomic E-state index is 12.2. The van der Waals surface area contributed by atoms with Crippen LogP contribution < -0.4 is 10.2 Å². The summed E-state index contributed by atoms with van der Waals surface area (Å²) in [6.07, 6.45) is 0.297. The van der Waals surface area contributed by atoms with Crippen molar-refractivity contribution >= 4 is 17.6 Å². The zero-order chi connectivity index (χ0) is 15.0. The number of aliphatic carboxylic acids is 1. The van der Waals surface area contributed by atoms with Gasteiger partial charge in [0.05, 0.1) is 6.42 Å². The number of carbonyl (C=O) groups is 2. The number of rotatable bonds is 8. The van der Waals surface area contributed by atoms with E-state index in [-0.39, 0.29) is 18.9 Å². The van der Waals surface area contributed by atoms with Crippen LogP contribution in [0.4, 0.5) is 5.69 Å². The molecule has 0 heterocycles. The summed E-state index contributed by atoms with van der Waals surface area (Å²) in [5.41, 5.74) is 0.739. The van der Waals surface area contributed by atoms with Gasteiger partial charge in [-0.05, 0) is 12.1 Å². The topological polar surface area (TPSA) is 69.6 Å². The molecule has 110 valence electrons. The van der Waals surface area contributed by atoms with Crippen LogP contribution in [0.15, 0.2) is 30.3 Å². The lowest BCUT2D eigenvalue weighted by molar-refractivity contribution is -0.136. The van der Waals surface area contributed by atoms with Gasteiger partial charge in [-0.3, -0.25) is 9.59 Å². The van der Waals surface area contributed by atoms with Crippen molar-refractivity contribution in [2.24, 2.45) is 0 Å². The van der Waals surface area contributed by atoms with Crippen LogP contribution in [-0.4, -0.2) is 36.1 Å². The molecule has 0 aromatic heterocycles. The quantitative estimate of drug-likeness (QED) is 0.762. The molecule has 0 bridgehead atoms. The van der Waals surface area contributed by atoms with Crippen molar-refractivity contribution in [3.05, 3.63) is 30.3 Å². The Balaban J connectivity index is 2.66. The second-order valence-corrected chi connectivity index (χ2v) is 4.88. The second kappa shape index (κ2) is 8.32. The molecule has 20 heavy (non-hydrogen) atoms. The van der Waals surface area contributed by atoms with Crippen LogP contribution in [-0.2, 0) is 9.59 Å². The van der Waals surface area contributed by atoms with Crippen molar-refractivity contribution in [3.8, 4) is 0 Å². The Bertz CT molecular complexity index is 432. The number of benzene rings is 1. The van der Waals surface area contributed by atoms with Crippen LogP contribution in [0.5, 0.6) is 0 Å². The summed E-state index contributed by atoms with van der Waals surface area (Å²) in [6, 6.07) is 9.49. The number of nitrogens with zero attached hydrogens (tertiary/aromatic N) is 1. The Morgan fingerprint density at radius 2 is 1.85 bits per heavy atom. The molecule has 0 fully saturated rings. The highest BCUT2D eigenvalue weighted by Crippen LogP contribution is 2.14. The fraction of sp³-hybridized carbons (Fsp3) is 0.467. The number of nitrogens with one attached hydrogen (secondary N) is 1. The van der Waals surface area contributed by atoms with Crippen LogP contribution in [0.3, 0.4) is 0 Å². The van der Waals surface area contributed by atoms with E-state index in [0.717, 1.165) is 5.69 Å². The molecule has 0 aliphatic carbocycles. The Morgan fingerprint density at radius 1 is 1.20 bits per heavy atom. The molecule has 0 saturated heterocycles. The van der Waals surface area contributed by atoms with Crippen molar-refractivity contribution in [2.75, 3.05) is 18.0 Å². The highest BCUT2D eigenvalue weighted by Gasteiger charge is 2.16. The molecule has 0 saturated carbocycles. The summed E-state index contributed by atoms with van der Waals surface area (Å²) in [6.45, 7) is 4.82. The Kier molecular flexibility index (Phi) is 6.73. The van der Waals surface area contributed by atoms with E-state index in [1.165, 1.54) is 4.90 Å². The molecule has 5 nitrogen and oxygen atoms in total. The van der Waals surface area contributed by atoms with Gasteiger partial charge in [-0.2, -0.15) is 0 Å². The van der Waals surface area contributed by atoms with E-state index in [0.29, 0.717) is 19.0 Å². The van der Waals surface area contributed by atoms with Crippen molar-refractivity contribution in [1.82, 2.24) is 5.32 Å². The van der Waals surface area contributed by atoms with E-state index < -0.39 is 5.97 Å². The molecule has 1 rings (SSSR count). The molecule has 1 aromatic carbocycles. The number of para-hydroxylation sites is 1. The van der Waals surface area contributed by atoms with Gasteiger partial charge in [0.15, 0.2) is 0 Å². The zero-order valence-electron chi connectivity index (χ0n) is 12.0. The van der Waals surface area contributed by atoms with Crippen LogP contribution in [0.25, 0.3) is 0 Å². The zero-order valence-corrected chi connectivity index (χ0v) is 12.0. The van der Waals surface area contributed by atoms with E-state index in [1.807, 2.05) is 44.2 Å². The van der Waals surface area contributed by atoms with Crippen LogP contribution in [0, 0.1) is 0 Å². The minimum atomic E-state index is -0.904. The predicted molar refractivity (Wildman–Crippen MR) is 78.8 cm³/mol. The van der Waals surface area contributed by atoms with Gasteiger partial charge in [0.1, 0.15) is 0 Å². The summed E-state index contributed by atoms with van der Waals surface area (Å²) in [5.74, 6) is -0.968. The molecule has 5 heteroatoms. The predicted octanol–water partition coefficient (Wildman–Crippen LogP) is 1.88. The first-order valence-corrected chi connectivity index (χ1v) is 6.81. The van der Waals surface area contributed by atoms with Gasteiger partial charge >= 0.3 is 5.97 Å². The monoisotopic (exact) mass is 278 g/mol. The van der Waals surface area contributed by atoms with Crippen LogP contribution in [0.1, 0.15) is 26.7 Å². The Labute approximate surface area is 119 Å². The molecular formula is C15H22N2O3. The van der Waals surface area contributed by atoms with Gasteiger partial charge in [-0.25, -0.2) is 0 Å². The lowest BCUT2D eigenvalue weighted by Crippen LogP contribution is -2.36. The highest BCUT2D eigenvalue weighted by atomic mass is 16.4. The van der Waals surface area contributed by atoms with Crippen molar-refractivity contribution in [1.29, 1.82) is 0 Å².